The van der Waals surface area contributed by atoms with Crippen molar-refractivity contribution in [1.82, 2.24) is 15.1 Å². The van der Waals surface area contributed by atoms with E-state index in [2.05, 4.69) is 40.0 Å². The van der Waals surface area contributed by atoms with Gasteiger partial charge in [-0.15, -0.1) is 0 Å². The molecule has 0 fully saturated rings. The maximum absolute atomic E-state index is 11.4. The number of anilines is 2. The van der Waals surface area contributed by atoms with Crippen molar-refractivity contribution in [2.24, 2.45) is 0 Å². The van der Waals surface area contributed by atoms with Gasteiger partial charge in [0.25, 0.3) is 5.56 Å². The summed E-state index contributed by atoms with van der Waals surface area (Å²) in [5.74, 6) is 0. The molecule has 0 aliphatic carbocycles. The molecular formula is C19H22N4O. The average Bonchev–Trinajstić information content (AvgIpc) is 2.93. The number of rotatable bonds is 6. The molecule has 0 aliphatic rings. The number of nitrogens with one attached hydrogen (secondary N) is 3. The fraction of sp³-hybridized carbons (Fsp3) is 0.211. The van der Waals surface area contributed by atoms with Crippen LogP contribution >= 0.6 is 0 Å². The first-order valence-corrected chi connectivity index (χ1v) is 8.05. The Morgan fingerprint density at radius 2 is 1.62 bits per heavy atom. The molecule has 0 saturated carbocycles. The summed E-state index contributed by atoms with van der Waals surface area (Å²) in [5, 5.41) is 9.33. The van der Waals surface area contributed by atoms with Gasteiger partial charge in [-0.25, -0.2) is 0 Å². The van der Waals surface area contributed by atoms with Crippen molar-refractivity contribution in [2.45, 2.75) is 13.3 Å². The Balaban J connectivity index is 1.70. The molecule has 1 aromatic heterocycles. The second-order valence-corrected chi connectivity index (χ2v) is 5.82. The van der Waals surface area contributed by atoms with Crippen molar-refractivity contribution in [1.29, 1.82) is 0 Å². The van der Waals surface area contributed by atoms with Crippen LogP contribution < -0.4 is 16.2 Å². The summed E-state index contributed by atoms with van der Waals surface area (Å²) in [6.45, 7) is 2.88. The van der Waals surface area contributed by atoms with E-state index in [-0.39, 0.29) is 5.56 Å². The molecule has 124 valence electrons. The molecule has 3 aromatic rings. The second kappa shape index (κ2) is 7.19. The largest absolute Gasteiger partial charge is 0.356 e. The van der Waals surface area contributed by atoms with Crippen molar-refractivity contribution in [3.05, 3.63) is 76.2 Å². The van der Waals surface area contributed by atoms with Crippen LogP contribution in [-0.2, 0) is 6.42 Å². The summed E-state index contributed by atoms with van der Waals surface area (Å²) in [7, 11) is 1.96. The van der Waals surface area contributed by atoms with Gasteiger partial charge in [0.2, 0.25) is 0 Å². The number of benzene rings is 2. The van der Waals surface area contributed by atoms with Crippen LogP contribution in [-0.4, -0.2) is 23.4 Å². The van der Waals surface area contributed by atoms with Crippen molar-refractivity contribution in [2.75, 3.05) is 18.9 Å². The standard InChI is InChI=1S/C19H22N4O/c1-14-13-19(24)22-23(14)18-9-7-17(8-10-18)21-16-5-3-15(4-6-16)11-12-20-2/h3-10,13,20-21H,11-12H2,1-2H3,(H,22,24). The lowest BCUT2D eigenvalue weighted by Gasteiger charge is -2.10. The number of likely N-dealkylation sites (N-methyl/N-ethyl adjacent to an activating group) is 1. The Hall–Kier alpha value is -2.79. The number of H-pyrrole nitrogens is 1. The van der Waals surface area contributed by atoms with Gasteiger partial charge < -0.3 is 10.6 Å². The minimum Gasteiger partial charge on any atom is -0.356 e. The monoisotopic (exact) mass is 322 g/mol. The lowest BCUT2D eigenvalue weighted by molar-refractivity contribution is 0.792. The van der Waals surface area contributed by atoms with Gasteiger partial charge in [-0.1, -0.05) is 12.1 Å². The quantitative estimate of drug-likeness (QED) is 0.654. The molecule has 0 spiro atoms. The number of aromatic nitrogens is 2. The Labute approximate surface area is 141 Å². The molecule has 3 rings (SSSR count). The maximum Gasteiger partial charge on any atom is 0.264 e. The number of hydrogen-bond acceptors (Lipinski definition) is 3. The van der Waals surface area contributed by atoms with Crippen molar-refractivity contribution in [3.63, 3.8) is 0 Å². The molecule has 0 atom stereocenters. The van der Waals surface area contributed by atoms with Crippen LogP contribution in [0.3, 0.4) is 0 Å². The summed E-state index contributed by atoms with van der Waals surface area (Å²) in [6, 6.07) is 18.0. The van der Waals surface area contributed by atoms with Gasteiger partial charge in [-0.3, -0.25) is 14.6 Å². The Bertz CT molecular complexity index is 844. The van der Waals surface area contributed by atoms with E-state index >= 15 is 0 Å². The predicted octanol–water partition coefficient (Wildman–Crippen LogP) is 2.98. The third kappa shape index (κ3) is 3.75. The van der Waals surface area contributed by atoms with Gasteiger partial charge in [0.1, 0.15) is 0 Å². The normalized spacial score (nSPS) is 10.8. The van der Waals surface area contributed by atoms with Crippen LogP contribution in [0.5, 0.6) is 0 Å². The van der Waals surface area contributed by atoms with E-state index in [9.17, 15) is 4.79 Å². The number of hydrogen-bond donors (Lipinski definition) is 3. The van der Waals surface area contributed by atoms with Gasteiger partial charge in [0.15, 0.2) is 0 Å². The molecule has 2 aromatic carbocycles. The highest BCUT2D eigenvalue weighted by atomic mass is 16.1. The molecule has 1 heterocycles. The highest BCUT2D eigenvalue weighted by Crippen LogP contribution is 2.19. The number of nitrogens with zero attached hydrogens (tertiary/aromatic N) is 1. The second-order valence-electron chi connectivity index (χ2n) is 5.82. The van der Waals surface area contributed by atoms with Gasteiger partial charge in [0, 0.05) is 23.1 Å². The lowest BCUT2D eigenvalue weighted by Crippen LogP contribution is -2.10. The minimum absolute atomic E-state index is 0.0898. The van der Waals surface area contributed by atoms with Gasteiger partial charge in [-0.05, 0) is 68.9 Å². The SMILES string of the molecule is CNCCc1ccc(Nc2ccc(-n3[nH]c(=O)cc3C)cc2)cc1. The molecule has 5 nitrogen and oxygen atoms in total. The molecule has 0 saturated heterocycles. The zero-order valence-corrected chi connectivity index (χ0v) is 14.0. The van der Waals surface area contributed by atoms with Gasteiger partial charge in [-0.2, -0.15) is 0 Å². The summed E-state index contributed by atoms with van der Waals surface area (Å²) >= 11 is 0. The lowest BCUT2D eigenvalue weighted by atomic mass is 10.1. The Morgan fingerprint density at radius 3 is 2.17 bits per heavy atom. The fourth-order valence-electron chi connectivity index (χ4n) is 2.64. The molecule has 0 unspecified atom stereocenters. The highest BCUT2D eigenvalue weighted by Gasteiger charge is 2.02. The molecule has 0 aliphatic heterocycles. The topological polar surface area (TPSA) is 61.9 Å². The zero-order chi connectivity index (χ0) is 16.9. The van der Waals surface area contributed by atoms with Crippen LogP contribution in [0.25, 0.3) is 5.69 Å². The van der Waals surface area contributed by atoms with E-state index in [1.165, 1.54) is 5.56 Å². The molecule has 0 bridgehead atoms. The average molecular weight is 322 g/mol. The molecule has 5 heteroatoms. The minimum atomic E-state index is -0.0898. The molecule has 3 N–H and O–H groups in total. The first-order chi connectivity index (χ1) is 11.7. The Kier molecular flexibility index (Phi) is 4.82. The summed E-state index contributed by atoms with van der Waals surface area (Å²) in [6.07, 6.45) is 1.03. The maximum atomic E-state index is 11.4. The molecular weight excluding hydrogens is 300 g/mol. The first-order valence-electron chi connectivity index (χ1n) is 8.05. The smallest absolute Gasteiger partial charge is 0.264 e. The summed E-state index contributed by atoms with van der Waals surface area (Å²) in [5.41, 5.74) is 5.11. The van der Waals surface area contributed by atoms with E-state index in [1.807, 2.05) is 38.2 Å². The van der Waals surface area contributed by atoms with E-state index in [0.29, 0.717) is 0 Å². The van der Waals surface area contributed by atoms with E-state index in [1.54, 1.807) is 10.7 Å². The van der Waals surface area contributed by atoms with E-state index < -0.39 is 0 Å². The van der Waals surface area contributed by atoms with E-state index in [4.69, 9.17) is 0 Å². The van der Waals surface area contributed by atoms with Crippen molar-refractivity contribution in [3.8, 4) is 5.69 Å². The van der Waals surface area contributed by atoms with Crippen LogP contribution in [0.1, 0.15) is 11.3 Å². The summed E-state index contributed by atoms with van der Waals surface area (Å²) < 4.78 is 1.78. The van der Waals surface area contributed by atoms with Crippen molar-refractivity contribution < 1.29 is 0 Å². The zero-order valence-electron chi connectivity index (χ0n) is 14.0. The number of aryl methyl sites for hydroxylation is 1. The van der Waals surface area contributed by atoms with Gasteiger partial charge >= 0.3 is 0 Å². The third-order valence-electron chi connectivity index (χ3n) is 3.95. The molecule has 24 heavy (non-hydrogen) atoms. The summed E-state index contributed by atoms with van der Waals surface area (Å²) in [4.78, 5) is 11.4. The number of aromatic amines is 1. The van der Waals surface area contributed by atoms with Crippen LogP contribution in [0, 0.1) is 6.92 Å². The van der Waals surface area contributed by atoms with Gasteiger partial charge in [0.05, 0.1) is 5.69 Å². The Morgan fingerprint density at radius 1 is 1.00 bits per heavy atom. The fourth-order valence-corrected chi connectivity index (χ4v) is 2.64. The third-order valence-corrected chi connectivity index (χ3v) is 3.95. The van der Waals surface area contributed by atoms with Crippen LogP contribution in [0.4, 0.5) is 11.4 Å². The predicted molar refractivity (Wildman–Crippen MR) is 98.5 cm³/mol. The van der Waals surface area contributed by atoms with Crippen molar-refractivity contribution >= 4 is 11.4 Å². The van der Waals surface area contributed by atoms with Crippen LogP contribution in [0.2, 0.25) is 0 Å². The first kappa shape index (κ1) is 16.1. The molecule has 0 amide bonds. The van der Waals surface area contributed by atoms with Crippen LogP contribution in [0.15, 0.2) is 59.4 Å². The highest BCUT2D eigenvalue weighted by molar-refractivity contribution is 5.61. The molecule has 0 radical (unpaired) electrons. The van der Waals surface area contributed by atoms with E-state index in [0.717, 1.165) is 35.7 Å².